The molecule has 1 aliphatic rings. The summed E-state index contributed by atoms with van der Waals surface area (Å²) in [6.45, 7) is 1.92. The second-order valence-electron chi connectivity index (χ2n) is 8.51. The molecule has 0 atom stereocenters. The Labute approximate surface area is 191 Å². The standard InChI is InChI=1S/C26H25N5O2/c1-16-11-12-27-25(33)23(16)18-9-10-22-19(13-18)15-28-26(31-22)30-21-8-4-7-20(14-21)29-24(32)17-5-2-3-6-17/h4,7-15,17H,2-3,5-6H2,1H3,(H,27,33)(H,29,32)(H,28,30,31). The summed E-state index contributed by atoms with van der Waals surface area (Å²) >= 11 is 0. The number of amides is 1. The number of anilines is 3. The van der Waals surface area contributed by atoms with Crippen LogP contribution in [0.3, 0.4) is 0 Å². The molecule has 7 nitrogen and oxygen atoms in total. The van der Waals surface area contributed by atoms with Crippen LogP contribution in [-0.2, 0) is 4.79 Å². The molecule has 0 aliphatic heterocycles. The van der Waals surface area contributed by atoms with E-state index < -0.39 is 0 Å². The zero-order valence-electron chi connectivity index (χ0n) is 18.4. The van der Waals surface area contributed by atoms with Crippen LogP contribution in [0.2, 0.25) is 0 Å². The number of hydrogen-bond acceptors (Lipinski definition) is 5. The van der Waals surface area contributed by atoms with E-state index in [1.165, 1.54) is 0 Å². The van der Waals surface area contributed by atoms with Crippen LogP contribution in [0, 0.1) is 12.8 Å². The second kappa shape index (κ2) is 8.86. The Bertz CT molecular complexity index is 1390. The molecule has 0 unspecified atom stereocenters. The minimum atomic E-state index is -0.117. The largest absolute Gasteiger partial charge is 0.329 e. The van der Waals surface area contributed by atoms with E-state index in [9.17, 15) is 9.59 Å². The van der Waals surface area contributed by atoms with Crippen LogP contribution in [0.5, 0.6) is 0 Å². The van der Waals surface area contributed by atoms with Gasteiger partial charge in [-0.05, 0) is 67.3 Å². The van der Waals surface area contributed by atoms with Gasteiger partial charge in [0.15, 0.2) is 0 Å². The van der Waals surface area contributed by atoms with Gasteiger partial charge < -0.3 is 15.6 Å². The Hall–Kier alpha value is -4.00. The third kappa shape index (κ3) is 4.48. The Balaban J connectivity index is 1.35. The average molecular weight is 440 g/mol. The van der Waals surface area contributed by atoms with E-state index in [0.29, 0.717) is 11.5 Å². The summed E-state index contributed by atoms with van der Waals surface area (Å²) in [4.78, 5) is 36.5. The minimum Gasteiger partial charge on any atom is -0.329 e. The monoisotopic (exact) mass is 439 g/mol. The number of H-pyrrole nitrogens is 1. The Morgan fingerprint density at radius 1 is 1.06 bits per heavy atom. The van der Waals surface area contributed by atoms with E-state index >= 15 is 0 Å². The number of aryl methyl sites for hydroxylation is 1. The van der Waals surface area contributed by atoms with Gasteiger partial charge in [0.2, 0.25) is 11.9 Å². The smallest absolute Gasteiger partial charge is 0.256 e. The van der Waals surface area contributed by atoms with Crippen molar-refractivity contribution in [3.63, 3.8) is 0 Å². The van der Waals surface area contributed by atoms with Gasteiger partial charge in [0.25, 0.3) is 5.56 Å². The fourth-order valence-corrected chi connectivity index (χ4v) is 4.42. The third-order valence-electron chi connectivity index (χ3n) is 6.15. The van der Waals surface area contributed by atoms with Crippen molar-refractivity contribution in [3.8, 4) is 11.1 Å². The highest BCUT2D eigenvalue weighted by atomic mass is 16.2. The molecular formula is C26H25N5O2. The minimum absolute atomic E-state index is 0.0925. The van der Waals surface area contributed by atoms with Crippen molar-refractivity contribution in [2.45, 2.75) is 32.6 Å². The maximum absolute atomic E-state index is 12.4. The number of carbonyl (C=O) groups is 1. The summed E-state index contributed by atoms with van der Waals surface area (Å²) in [5.41, 5.74) is 4.60. The molecule has 1 fully saturated rings. The molecular weight excluding hydrogens is 414 g/mol. The van der Waals surface area contributed by atoms with Gasteiger partial charge in [0.1, 0.15) is 0 Å². The van der Waals surface area contributed by atoms with Crippen LogP contribution in [0.4, 0.5) is 17.3 Å². The first-order valence-electron chi connectivity index (χ1n) is 11.2. The summed E-state index contributed by atoms with van der Waals surface area (Å²) in [6.07, 6.45) is 7.58. The summed E-state index contributed by atoms with van der Waals surface area (Å²) in [5, 5.41) is 7.08. The van der Waals surface area contributed by atoms with Crippen LogP contribution in [-0.4, -0.2) is 20.9 Å². The molecule has 0 spiro atoms. The zero-order chi connectivity index (χ0) is 22.8. The number of carbonyl (C=O) groups excluding carboxylic acids is 1. The molecule has 4 aromatic rings. The number of fused-ring (bicyclic) bond motifs is 1. The van der Waals surface area contributed by atoms with E-state index in [4.69, 9.17) is 0 Å². The lowest BCUT2D eigenvalue weighted by molar-refractivity contribution is -0.119. The van der Waals surface area contributed by atoms with Crippen molar-refractivity contribution in [3.05, 3.63) is 76.8 Å². The summed E-state index contributed by atoms with van der Waals surface area (Å²) in [7, 11) is 0. The maximum atomic E-state index is 12.4. The number of aromatic nitrogens is 3. The normalized spacial score (nSPS) is 13.8. The van der Waals surface area contributed by atoms with Gasteiger partial charge in [-0.15, -0.1) is 0 Å². The number of hydrogen-bond donors (Lipinski definition) is 3. The molecule has 0 saturated heterocycles. The van der Waals surface area contributed by atoms with Crippen molar-refractivity contribution >= 4 is 34.1 Å². The number of pyridine rings is 1. The van der Waals surface area contributed by atoms with Gasteiger partial charge in [0, 0.05) is 40.6 Å². The topological polar surface area (TPSA) is 99.8 Å². The predicted molar refractivity (Wildman–Crippen MR) is 131 cm³/mol. The van der Waals surface area contributed by atoms with Crippen LogP contribution in [0.1, 0.15) is 31.2 Å². The van der Waals surface area contributed by atoms with E-state index in [1.807, 2.05) is 55.5 Å². The van der Waals surface area contributed by atoms with E-state index in [0.717, 1.165) is 59.1 Å². The predicted octanol–water partition coefficient (Wildman–Crippen LogP) is 5.17. The molecule has 1 amide bonds. The fraction of sp³-hybridized carbons (Fsp3) is 0.231. The molecule has 166 valence electrons. The molecule has 1 aliphatic carbocycles. The molecule has 3 N–H and O–H groups in total. The van der Waals surface area contributed by atoms with E-state index in [-0.39, 0.29) is 17.4 Å². The quantitative estimate of drug-likeness (QED) is 0.399. The number of aromatic amines is 1. The highest BCUT2D eigenvalue weighted by Crippen LogP contribution is 2.27. The van der Waals surface area contributed by atoms with Crippen LogP contribution < -0.4 is 16.2 Å². The lowest BCUT2D eigenvalue weighted by Gasteiger charge is -2.12. The lowest BCUT2D eigenvalue weighted by Crippen LogP contribution is -2.20. The first-order chi connectivity index (χ1) is 16.1. The molecule has 0 radical (unpaired) electrons. The highest BCUT2D eigenvalue weighted by molar-refractivity contribution is 5.93. The fourth-order valence-electron chi connectivity index (χ4n) is 4.42. The molecule has 2 aromatic heterocycles. The van der Waals surface area contributed by atoms with Crippen LogP contribution in [0.15, 0.2) is 65.7 Å². The number of nitrogens with zero attached hydrogens (tertiary/aromatic N) is 2. The Morgan fingerprint density at radius 3 is 2.70 bits per heavy atom. The number of nitrogens with one attached hydrogen (secondary N) is 3. The van der Waals surface area contributed by atoms with Crippen LogP contribution >= 0.6 is 0 Å². The van der Waals surface area contributed by atoms with Gasteiger partial charge in [-0.25, -0.2) is 9.97 Å². The molecule has 2 aromatic carbocycles. The average Bonchev–Trinajstić information content (AvgIpc) is 3.35. The second-order valence-corrected chi connectivity index (χ2v) is 8.51. The van der Waals surface area contributed by atoms with Crippen LogP contribution in [0.25, 0.3) is 22.0 Å². The van der Waals surface area contributed by atoms with Gasteiger partial charge in [0.05, 0.1) is 5.52 Å². The van der Waals surface area contributed by atoms with E-state index in [2.05, 4.69) is 25.6 Å². The zero-order valence-corrected chi connectivity index (χ0v) is 18.4. The summed E-state index contributed by atoms with van der Waals surface area (Å²) < 4.78 is 0. The molecule has 2 heterocycles. The Morgan fingerprint density at radius 2 is 1.88 bits per heavy atom. The molecule has 7 heteroatoms. The Kier molecular flexibility index (Phi) is 5.60. The number of benzene rings is 2. The van der Waals surface area contributed by atoms with Crippen molar-refractivity contribution in [1.82, 2.24) is 15.0 Å². The van der Waals surface area contributed by atoms with Crippen molar-refractivity contribution < 1.29 is 4.79 Å². The molecule has 1 saturated carbocycles. The first-order valence-corrected chi connectivity index (χ1v) is 11.2. The van der Waals surface area contributed by atoms with Crippen molar-refractivity contribution in [1.29, 1.82) is 0 Å². The van der Waals surface area contributed by atoms with Gasteiger partial charge in [-0.1, -0.05) is 25.0 Å². The van der Waals surface area contributed by atoms with Gasteiger partial charge >= 0.3 is 0 Å². The third-order valence-corrected chi connectivity index (χ3v) is 6.15. The lowest BCUT2D eigenvalue weighted by atomic mass is 10.0. The molecule has 5 rings (SSSR count). The molecule has 33 heavy (non-hydrogen) atoms. The maximum Gasteiger partial charge on any atom is 0.256 e. The van der Waals surface area contributed by atoms with Gasteiger partial charge in [-0.2, -0.15) is 0 Å². The highest BCUT2D eigenvalue weighted by Gasteiger charge is 2.22. The van der Waals surface area contributed by atoms with Crippen molar-refractivity contribution in [2.24, 2.45) is 5.92 Å². The van der Waals surface area contributed by atoms with Crippen molar-refractivity contribution in [2.75, 3.05) is 10.6 Å². The number of rotatable bonds is 5. The SMILES string of the molecule is Cc1cc[nH]c(=O)c1-c1ccc2nc(Nc3cccc(NC(=O)C4CCCC4)c3)ncc2c1. The van der Waals surface area contributed by atoms with E-state index in [1.54, 1.807) is 12.4 Å². The first kappa shape index (κ1) is 20.9. The summed E-state index contributed by atoms with van der Waals surface area (Å²) in [5.74, 6) is 0.670. The molecule has 0 bridgehead atoms. The van der Waals surface area contributed by atoms with Gasteiger partial charge in [-0.3, -0.25) is 9.59 Å². The summed E-state index contributed by atoms with van der Waals surface area (Å²) in [6, 6.07) is 15.2.